The van der Waals surface area contributed by atoms with Crippen molar-refractivity contribution in [2.45, 2.75) is 45.3 Å². The first-order chi connectivity index (χ1) is 7.90. The van der Waals surface area contributed by atoms with Crippen LogP contribution in [-0.4, -0.2) is 42.8 Å². The lowest BCUT2D eigenvalue weighted by molar-refractivity contribution is -0.00776. The molecule has 4 heteroatoms. The zero-order chi connectivity index (χ0) is 12.6. The summed E-state index contributed by atoms with van der Waals surface area (Å²) in [7, 11) is 2.03. The van der Waals surface area contributed by atoms with Crippen molar-refractivity contribution in [3.8, 4) is 0 Å². The van der Waals surface area contributed by atoms with Gasteiger partial charge in [-0.3, -0.25) is 0 Å². The van der Waals surface area contributed by atoms with E-state index in [1.165, 1.54) is 12.8 Å². The molecule has 1 heterocycles. The van der Waals surface area contributed by atoms with E-state index in [4.69, 9.17) is 4.74 Å². The summed E-state index contributed by atoms with van der Waals surface area (Å²) in [4.78, 5) is 13.6. The Labute approximate surface area is 104 Å². The second kappa shape index (κ2) is 4.48. The number of rotatable bonds is 3. The van der Waals surface area contributed by atoms with Crippen LogP contribution in [0.4, 0.5) is 4.79 Å². The number of ether oxygens (including phenoxy) is 1. The van der Waals surface area contributed by atoms with Gasteiger partial charge in [0.15, 0.2) is 0 Å². The number of carbonyl (C=O) groups excluding carboxylic acids is 1. The standard InChI is InChI=1S/C13H24N2O2/c1-13(2,3)17-12(16)15-7-10(8-15)11(14-4)9-5-6-9/h9-11,14H,5-8H2,1-4H3. The molecule has 2 fully saturated rings. The first kappa shape index (κ1) is 12.7. The van der Waals surface area contributed by atoms with Crippen LogP contribution in [0.5, 0.6) is 0 Å². The van der Waals surface area contributed by atoms with Gasteiger partial charge in [0.1, 0.15) is 5.60 Å². The molecule has 98 valence electrons. The number of carbonyl (C=O) groups is 1. The fourth-order valence-corrected chi connectivity index (χ4v) is 2.53. The van der Waals surface area contributed by atoms with E-state index in [0.29, 0.717) is 12.0 Å². The van der Waals surface area contributed by atoms with E-state index in [0.717, 1.165) is 19.0 Å². The molecule has 0 aromatic heterocycles. The van der Waals surface area contributed by atoms with Gasteiger partial charge in [0.2, 0.25) is 0 Å². The van der Waals surface area contributed by atoms with Crippen LogP contribution in [0.2, 0.25) is 0 Å². The Hall–Kier alpha value is -0.770. The third-order valence-corrected chi connectivity index (χ3v) is 3.53. The highest BCUT2D eigenvalue weighted by Crippen LogP contribution is 2.38. The molecule has 1 unspecified atom stereocenters. The number of hydrogen-bond donors (Lipinski definition) is 1. The molecule has 1 saturated carbocycles. The van der Waals surface area contributed by atoms with Crippen LogP contribution in [-0.2, 0) is 4.74 Å². The lowest BCUT2D eigenvalue weighted by Crippen LogP contribution is -2.58. The summed E-state index contributed by atoms with van der Waals surface area (Å²) in [5.41, 5.74) is -0.388. The maximum absolute atomic E-state index is 11.8. The molecule has 0 spiro atoms. The van der Waals surface area contributed by atoms with Crippen molar-refractivity contribution in [2.75, 3.05) is 20.1 Å². The molecule has 17 heavy (non-hydrogen) atoms. The Bertz CT molecular complexity index is 288. The molecule has 2 aliphatic rings. The SMILES string of the molecule is CNC(C1CC1)C1CN(C(=O)OC(C)(C)C)C1. The van der Waals surface area contributed by atoms with Gasteiger partial charge in [0.25, 0.3) is 0 Å². The van der Waals surface area contributed by atoms with Crippen molar-refractivity contribution < 1.29 is 9.53 Å². The molecular weight excluding hydrogens is 216 g/mol. The Morgan fingerprint density at radius 2 is 1.88 bits per heavy atom. The van der Waals surface area contributed by atoms with E-state index in [1.54, 1.807) is 0 Å². The molecule has 0 aromatic carbocycles. The molecule has 1 N–H and O–H groups in total. The van der Waals surface area contributed by atoms with Crippen LogP contribution in [0.25, 0.3) is 0 Å². The third kappa shape index (κ3) is 3.12. The summed E-state index contributed by atoms with van der Waals surface area (Å²) < 4.78 is 5.35. The van der Waals surface area contributed by atoms with Crippen LogP contribution >= 0.6 is 0 Å². The molecule has 4 nitrogen and oxygen atoms in total. The largest absolute Gasteiger partial charge is 0.444 e. The molecule has 1 amide bonds. The van der Waals surface area contributed by atoms with Crippen molar-refractivity contribution in [1.82, 2.24) is 10.2 Å². The fraction of sp³-hybridized carbons (Fsp3) is 0.923. The van der Waals surface area contributed by atoms with E-state index in [-0.39, 0.29) is 11.7 Å². The summed E-state index contributed by atoms with van der Waals surface area (Å²) in [6, 6.07) is 0.591. The highest BCUT2D eigenvalue weighted by atomic mass is 16.6. The Balaban J connectivity index is 1.76. The Morgan fingerprint density at radius 1 is 1.29 bits per heavy atom. The van der Waals surface area contributed by atoms with Crippen LogP contribution in [0.3, 0.4) is 0 Å². The quantitative estimate of drug-likeness (QED) is 0.818. The lowest BCUT2D eigenvalue weighted by Gasteiger charge is -2.43. The maximum Gasteiger partial charge on any atom is 0.410 e. The predicted octanol–water partition coefficient (Wildman–Crippen LogP) is 1.85. The summed E-state index contributed by atoms with van der Waals surface area (Å²) in [5.74, 6) is 1.45. The first-order valence-electron chi connectivity index (χ1n) is 6.56. The van der Waals surface area contributed by atoms with Gasteiger partial charge in [0, 0.05) is 25.0 Å². The molecule has 1 aliphatic heterocycles. The van der Waals surface area contributed by atoms with Gasteiger partial charge in [-0.25, -0.2) is 4.79 Å². The zero-order valence-electron chi connectivity index (χ0n) is 11.3. The third-order valence-electron chi connectivity index (χ3n) is 3.53. The van der Waals surface area contributed by atoms with Crippen LogP contribution in [0.1, 0.15) is 33.6 Å². The van der Waals surface area contributed by atoms with E-state index in [2.05, 4.69) is 5.32 Å². The van der Waals surface area contributed by atoms with E-state index < -0.39 is 0 Å². The second-order valence-electron chi connectivity index (χ2n) is 6.30. The van der Waals surface area contributed by atoms with Crippen LogP contribution < -0.4 is 5.32 Å². The molecule has 0 aromatic rings. The van der Waals surface area contributed by atoms with Gasteiger partial charge in [-0.15, -0.1) is 0 Å². The normalized spacial score (nSPS) is 23.2. The summed E-state index contributed by atoms with van der Waals surface area (Å²) in [5, 5.41) is 3.39. The van der Waals surface area contributed by atoms with Crippen molar-refractivity contribution in [3.05, 3.63) is 0 Å². The predicted molar refractivity (Wildman–Crippen MR) is 66.9 cm³/mol. The van der Waals surface area contributed by atoms with Gasteiger partial charge in [-0.2, -0.15) is 0 Å². The minimum absolute atomic E-state index is 0.167. The average Bonchev–Trinajstić information content (AvgIpc) is 2.89. The number of amides is 1. The second-order valence-corrected chi connectivity index (χ2v) is 6.30. The minimum atomic E-state index is -0.388. The average molecular weight is 240 g/mol. The molecule has 2 rings (SSSR count). The number of likely N-dealkylation sites (tertiary alicyclic amines) is 1. The molecule has 1 saturated heterocycles. The van der Waals surface area contributed by atoms with Gasteiger partial charge in [-0.05, 0) is 46.6 Å². The van der Waals surface area contributed by atoms with E-state index >= 15 is 0 Å². The first-order valence-corrected chi connectivity index (χ1v) is 6.56. The van der Waals surface area contributed by atoms with Crippen molar-refractivity contribution >= 4 is 6.09 Å². The highest BCUT2D eigenvalue weighted by Gasteiger charge is 2.43. The van der Waals surface area contributed by atoms with Gasteiger partial charge < -0.3 is 15.0 Å². The molecule has 0 radical (unpaired) electrons. The Kier molecular flexibility index (Phi) is 3.34. The van der Waals surface area contributed by atoms with E-state index in [9.17, 15) is 4.79 Å². The summed E-state index contributed by atoms with van der Waals surface area (Å²) in [6.45, 7) is 7.40. The topological polar surface area (TPSA) is 41.6 Å². The molecule has 1 aliphatic carbocycles. The number of hydrogen-bond acceptors (Lipinski definition) is 3. The fourth-order valence-electron chi connectivity index (χ4n) is 2.53. The smallest absolute Gasteiger partial charge is 0.410 e. The molecule has 0 bridgehead atoms. The molecular formula is C13H24N2O2. The summed E-state index contributed by atoms with van der Waals surface area (Å²) in [6.07, 6.45) is 2.52. The van der Waals surface area contributed by atoms with Gasteiger partial charge >= 0.3 is 6.09 Å². The van der Waals surface area contributed by atoms with Crippen molar-refractivity contribution in [1.29, 1.82) is 0 Å². The lowest BCUT2D eigenvalue weighted by atomic mass is 9.89. The maximum atomic E-state index is 11.8. The van der Waals surface area contributed by atoms with Crippen molar-refractivity contribution in [2.24, 2.45) is 11.8 Å². The van der Waals surface area contributed by atoms with Crippen molar-refractivity contribution in [3.63, 3.8) is 0 Å². The Morgan fingerprint density at radius 3 is 2.29 bits per heavy atom. The van der Waals surface area contributed by atoms with Gasteiger partial charge in [-0.1, -0.05) is 0 Å². The monoisotopic (exact) mass is 240 g/mol. The van der Waals surface area contributed by atoms with E-state index in [1.807, 2.05) is 32.7 Å². The number of nitrogens with zero attached hydrogens (tertiary/aromatic N) is 1. The van der Waals surface area contributed by atoms with Gasteiger partial charge in [0.05, 0.1) is 0 Å². The highest BCUT2D eigenvalue weighted by molar-refractivity contribution is 5.69. The summed E-state index contributed by atoms with van der Waals surface area (Å²) >= 11 is 0. The zero-order valence-corrected chi connectivity index (χ0v) is 11.3. The number of nitrogens with one attached hydrogen (secondary N) is 1. The van der Waals surface area contributed by atoms with Crippen LogP contribution in [0.15, 0.2) is 0 Å². The van der Waals surface area contributed by atoms with Crippen LogP contribution in [0, 0.1) is 11.8 Å². The minimum Gasteiger partial charge on any atom is -0.444 e. The molecule has 1 atom stereocenters.